The average Bonchev–Trinajstić information content (AvgIpc) is 3.28. The minimum absolute atomic E-state index is 0.134. The third kappa shape index (κ3) is 8.78. The molecule has 0 saturated heterocycles. The van der Waals surface area contributed by atoms with Crippen LogP contribution in [0.25, 0.3) is 43.1 Å². The lowest BCUT2D eigenvalue weighted by molar-refractivity contribution is 0.0485. The summed E-state index contributed by atoms with van der Waals surface area (Å²) >= 11 is 0. The molecule has 5 aromatic rings. The van der Waals surface area contributed by atoms with E-state index in [4.69, 9.17) is 0 Å². The predicted molar refractivity (Wildman–Crippen MR) is 259 cm³/mol. The van der Waals surface area contributed by atoms with Gasteiger partial charge in [-0.1, -0.05) is 181 Å². The number of fused-ring (bicyclic) bond motifs is 2. The molecular formula is C56H74N2O4. The summed E-state index contributed by atoms with van der Waals surface area (Å²) in [6.45, 7) is 13.4. The number of nitrogens with zero attached hydrogens (tertiary/aromatic N) is 2. The van der Waals surface area contributed by atoms with Crippen LogP contribution in [-0.2, 0) is 0 Å². The zero-order valence-corrected chi connectivity index (χ0v) is 39.0. The summed E-state index contributed by atoms with van der Waals surface area (Å²) in [6, 6.07) is 15.7. The van der Waals surface area contributed by atoms with Crippen molar-refractivity contribution in [2.75, 3.05) is 0 Å². The molecule has 2 aliphatic heterocycles. The van der Waals surface area contributed by atoms with Gasteiger partial charge in [-0.05, 0) is 94.1 Å². The molecule has 4 amide bonds. The van der Waals surface area contributed by atoms with E-state index >= 15 is 0 Å². The third-order valence-electron chi connectivity index (χ3n) is 15.0. The minimum Gasteiger partial charge on any atom is -0.271 e. The van der Waals surface area contributed by atoms with Gasteiger partial charge in [-0.2, -0.15) is 0 Å². The molecule has 7 rings (SSSR count). The summed E-state index contributed by atoms with van der Waals surface area (Å²) in [5.74, 6) is 0.227. The van der Waals surface area contributed by atoms with Crippen molar-refractivity contribution in [3.05, 3.63) is 70.8 Å². The first-order valence-electron chi connectivity index (χ1n) is 25.2. The number of hydrogen-bond donors (Lipinski definition) is 0. The van der Waals surface area contributed by atoms with Crippen LogP contribution in [0.1, 0.15) is 224 Å². The number of amides is 4. The molecule has 4 atom stereocenters. The molecule has 0 bridgehead atoms. The van der Waals surface area contributed by atoms with E-state index < -0.39 is 0 Å². The fourth-order valence-corrected chi connectivity index (χ4v) is 11.4. The lowest BCUT2D eigenvalue weighted by Gasteiger charge is -2.37. The van der Waals surface area contributed by atoms with Crippen LogP contribution in [0.2, 0.25) is 0 Å². The highest BCUT2D eigenvalue weighted by Crippen LogP contribution is 2.47. The van der Waals surface area contributed by atoms with Gasteiger partial charge in [0.2, 0.25) is 0 Å². The number of benzene rings is 5. The van der Waals surface area contributed by atoms with Crippen molar-refractivity contribution >= 4 is 66.7 Å². The lowest BCUT2D eigenvalue weighted by Crippen LogP contribution is -2.48. The molecule has 0 aliphatic carbocycles. The Bertz CT molecular complexity index is 2090. The minimum atomic E-state index is -0.178. The smallest absolute Gasteiger partial charge is 0.261 e. The Balaban J connectivity index is 1.28. The van der Waals surface area contributed by atoms with Crippen molar-refractivity contribution in [3.8, 4) is 0 Å². The van der Waals surface area contributed by atoms with E-state index in [0.29, 0.717) is 34.1 Å². The van der Waals surface area contributed by atoms with Crippen LogP contribution in [0, 0.1) is 11.8 Å². The molecule has 332 valence electrons. The van der Waals surface area contributed by atoms with E-state index in [1.807, 2.05) is 48.5 Å². The van der Waals surface area contributed by atoms with Crippen molar-refractivity contribution in [2.24, 2.45) is 11.8 Å². The maximum absolute atomic E-state index is 14.8. The Morgan fingerprint density at radius 3 is 0.952 bits per heavy atom. The molecule has 0 aromatic heterocycles. The summed E-state index contributed by atoms with van der Waals surface area (Å²) in [4.78, 5) is 62.5. The monoisotopic (exact) mass is 839 g/mol. The maximum Gasteiger partial charge on any atom is 0.261 e. The number of carbonyl (C=O) groups excluding carboxylic acids is 4. The Morgan fingerprint density at radius 2 is 0.661 bits per heavy atom. The summed E-state index contributed by atoms with van der Waals surface area (Å²) in [6.07, 6.45) is 23.7. The first-order chi connectivity index (χ1) is 30.2. The molecule has 6 nitrogen and oxygen atoms in total. The summed E-state index contributed by atoms with van der Waals surface area (Å²) < 4.78 is 0. The normalized spacial score (nSPS) is 16.2. The number of rotatable bonds is 26. The van der Waals surface area contributed by atoms with Crippen LogP contribution >= 0.6 is 0 Å². The first kappa shape index (κ1) is 45.7. The molecule has 0 spiro atoms. The van der Waals surface area contributed by atoms with Gasteiger partial charge in [0, 0.05) is 45.1 Å². The van der Waals surface area contributed by atoms with Crippen LogP contribution in [0.3, 0.4) is 0 Å². The van der Waals surface area contributed by atoms with Gasteiger partial charge >= 0.3 is 0 Å². The quantitative estimate of drug-likeness (QED) is 0.0241. The zero-order chi connectivity index (χ0) is 43.9. The van der Waals surface area contributed by atoms with Gasteiger partial charge in [-0.3, -0.25) is 29.0 Å². The Labute approximate surface area is 371 Å². The van der Waals surface area contributed by atoms with Gasteiger partial charge in [-0.25, -0.2) is 0 Å². The van der Waals surface area contributed by atoms with Gasteiger partial charge < -0.3 is 0 Å². The highest BCUT2D eigenvalue weighted by atomic mass is 16.2. The third-order valence-corrected chi connectivity index (χ3v) is 15.0. The second-order valence-corrected chi connectivity index (χ2v) is 19.1. The Morgan fingerprint density at radius 1 is 0.355 bits per heavy atom. The van der Waals surface area contributed by atoms with Gasteiger partial charge in [0.05, 0.1) is 0 Å². The predicted octanol–water partition coefficient (Wildman–Crippen LogP) is 15.6. The fraction of sp³-hybridized carbons (Fsp3) is 0.571. The molecule has 6 heteroatoms. The summed E-state index contributed by atoms with van der Waals surface area (Å²) in [5, 5.41) is 7.07. The van der Waals surface area contributed by atoms with E-state index in [-0.39, 0.29) is 35.7 Å². The second kappa shape index (κ2) is 20.9. The summed E-state index contributed by atoms with van der Waals surface area (Å²) in [7, 11) is 0. The largest absolute Gasteiger partial charge is 0.271 e. The van der Waals surface area contributed by atoms with Gasteiger partial charge in [-0.15, -0.1) is 0 Å². The number of hydrogen-bond acceptors (Lipinski definition) is 4. The first-order valence-corrected chi connectivity index (χ1v) is 25.2. The van der Waals surface area contributed by atoms with Crippen molar-refractivity contribution in [1.29, 1.82) is 0 Å². The molecule has 0 N–H and O–H groups in total. The molecule has 0 saturated carbocycles. The average molecular weight is 839 g/mol. The highest BCUT2D eigenvalue weighted by molar-refractivity contribution is 6.41. The van der Waals surface area contributed by atoms with E-state index in [1.54, 1.807) is 9.80 Å². The molecule has 4 unspecified atom stereocenters. The second-order valence-electron chi connectivity index (χ2n) is 19.1. The van der Waals surface area contributed by atoms with Gasteiger partial charge in [0.15, 0.2) is 0 Å². The molecule has 62 heavy (non-hydrogen) atoms. The topological polar surface area (TPSA) is 74.8 Å². The zero-order valence-electron chi connectivity index (χ0n) is 39.0. The van der Waals surface area contributed by atoms with Crippen molar-refractivity contribution in [3.63, 3.8) is 0 Å². The highest BCUT2D eigenvalue weighted by Gasteiger charge is 2.41. The van der Waals surface area contributed by atoms with Crippen LogP contribution in [0.5, 0.6) is 0 Å². The van der Waals surface area contributed by atoms with Crippen molar-refractivity contribution in [1.82, 2.24) is 9.80 Å². The standard InChI is InChI=1S/C56H74N2O4/c1-7-13-17-19-21-25-39(35-37(11-5)23-15-9-3)57-53(59)45-31-27-41-43-29-33-47-52-48(34-30-44(50(43)52)42-28-32-46(54(57)60)51(45)49(41)42)56(62)58(55(47)61)40(26-22-20-18-14-8-2)36-38(12-6)24-16-10-4/h27-34,37-40H,7-26,35-36H2,1-6H3. The van der Waals surface area contributed by atoms with E-state index in [9.17, 15) is 19.2 Å². The van der Waals surface area contributed by atoms with Crippen molar-refractivity contribution in [2.45, 2.75) is 195 Å². The van der Waals surface area contributed by atoms with E-state index in [0.717, 1.165) is 146 Å². The van der Waals surface area contributed by atoms with Crippen LogP contribution in [0.15, 0.2) is 48.5 Å². The molecule has 2 heterocycles. The molecule has 0 fully saturated rings. The van der Waals surface area contributed by atoms with Crippen LogP contribution in [-0.4, -0.2) is 45.5 Å². The molecule has 0 radical (unpaired) electrons. The molecule has 2 aliphatic rings. The van der Waals surface area contributed by atoms with E-state index in [2.05, 4.69) is 41.5 Å². The lowest BCUT2D eigenvalue weighted by atomic mass is 9.81. The van der Waals surface area contributed by atoms with Gasteiger partial charge in [0.25, 0.3) is 23.6 Å². The van der Waals surface area contributed by atoms with Gasteiger partial charge in [0.1, 0.15) is 0 Å². The Kier molecular flexibility index (Phi) is 15.4. The molecular weight excluding hydrogens is 765 g/mol. The van der Waals surface area contributed by atoms with Crippen LogP contribution in [0.4, 0.5) is 0 Å². The maximum atomic E-state index is 14.8. The SMILES string of the molecule is CCCCCCCC(CC(CC)CCCC)N1C(=O)c2ccc3c4ccc5c6c(ccc(c7ccc(c2c37)C1=O)c64)C(=O)N(C(CCCCCCC)CC(CC)CCCC)C5=O. The molecule has 5 aromatic carbocycles. The van der Waals surface area contributed by atoms with Crippen LogP contribution < -0.4 is 0 Å². The van der Waals surface area contributed by atoms with E-state index in [1.165, 1.54) is 38.5 Å². The van der Waals surface area contributed by atoms with Crippen molar-refractivity contribution < 1.29 is 19.2 Å². The number of imide groups is 2. The number of unbranched alkanes of at least 4 members (excludes halogenated alkanes) is 10. The summed E-state index contributed by atoms with van der Waals surface area (Å²) in [5.41, 5.74) is 2.38. The fourth-order valence-electron chi connectivity index (χ4n) is 11.4. The number of carbonyl (C=O) groups is 4. The Hall–Kier alpha value is -4.32.